The van der Waals surface area contributed by atoms with E-state index < -0.39 is 11.9 Å². The van der Waals surface area contributed by atoms with Crippen molar-refractivity contribution in [1.29, 1.82) is 0 Å². The third kappa shape index (κ3) is 9.86. The van der Waals surface area contributed by atoms with Crippen molar-refractivity contribution in [1.82, 2.24) is 4.98 Å². The molecule has 0 N–H and O–H groups in total. The molecule has 5 heteroatoms. The number of unbranched alkanes of at least 4 members (excludes halogenated alkanes) is 6. The number of rotatable bonds is 15. The number of carbonyl (C=O) groups is 2. The Balaban J connectivity index is 2.50. The first kappa shape index (κ1) is 24.1. The normalized spacial score (nSPS) is 11.8. The van der Waals surface area contributed by atoms with E-state index in [1.165, 1.54) is 25.7 Å². The van der Waals surface area contributed by atoms with E-state index in [2.05, 4.69) is 25.8 Å². The number of esters is 2. The first-order valence-corrected chi connectivity index (χ1v) is 11.0. The molecule has 28 heavy (non-hydrogen) atoms. The van der Waals surface area contributed by atoms with Crippen LogP contribution >= 0.6 is 0 Å². The van der Waals surface area contributed by atoms with Crippen LogP contribution in [0.1, 0.15) is 112 Å². The van der Waals surface area contributed by atoms with E-state index in [9.17, 15) is 9.59 Å². The minimum Gasteiger partial charge on any atom is -0.461 e. The second kappa shape index (κ2) is 15.1. The van der Waals surface area contributed by atoms with Crippen LogP contribution in [0.25, 0.3) is 0 Å². The SMILES string of the molecule is CCCCCCCCOC(=O)c1cccc(C(=O)OC(CCC)CCCC)n1. The Kier molecular flexibility index (Phi) is 13.0. The van der Waals surface area contributed by atoms with Crippen molar-refractivity contribution in [3.05, 3.63) is 29.6 Å². The van der Waals surface area contributed by atoms with Gasteiger partial charge in [-0.1, -0.05) is 78.2 Å². The zero-order valence-corrected chi connectivity index (χ0v) is 17.9. The van der Waals surface area contributed by atoms with Gasteiger partial charge in [0.1, 0.15) is 17.5 Å². The summed E-state index contributed by atoms with van der Waals surface area (Å²) >= 11 is 0. The Bertz CT molecular complexity index is 573. The van der Waals surface area contributed by atoms with E-state index >= 15 is 0 Å². The molecule has 0 aromatic carbocycles. The van der Waals surface area contributed by atoms with Crippen LogP contribution in [-0.4, -0.2) is 29.6 Å². The molecule has 0 aliphatic rings. The summed E-state index contributed by atoms with van der Waals surface area (Å²) in [6.45, 7) is 6.77. The minimum atomic E-state index is -0.487. The fourth-order valence-electron chi connectivity index (χ4n) is 3.01. The van der Waals surface area contributed by atoms with Gasteiger partial charge in [0.2, 0.25) is 0 Å². The summed E-state index contributed by atoms with van der Waals surface area (Å²) in [5, 5.41) is 0. The topological polar surface area (TPSA) is 65.5 Å². The second-order valence-electron chi connectivity index (χ2n) is 7.27. The number of nitrogens with zero attached hydrogens (tertiary/aromatic N) is 1. The van der Waals surface area contributed by atoms with E-state index in [-0.39, 0.29) is 17.5 Å². The first-order chi connectivity index (χ1) is 13.6. The van der Waals surface area contributed by atoms with Crippen LogP contribution in [0.3, 0.4) is 0 Å². The fourth-order valence-corrected chi connectivity index (χ4v) is 3.01. The maximum absolute atomic E-state index is 12.4. The predicted octanol–water partition coefficient (Wildman–Crippen LogP) is 6.11. The number of ether oxygens (including phenoxy) is 2. The fraction of sp³-hybridized carbons (Fsp3) is 0.696. The van der Waals surface area contributed by atoms with Crippen molar-refractivity contribution in [2.45, 2.75) is 97.5 Å². The van der Waals surface area contributed by atoms with Gasteiger partial charge in [-0.25, -0.2) is 14.6 Å². The molecular formula is C23H37NO4. The molecule has 1 unspecified atom stereocenters. The van der Waals surface area contributed by atoms with Gasteiger partial charge in [0, 0.05) is 0 Å². The highest BCUT2D eigenvalue weighted by molar-refractivity contribution is 5.91. The van der Waals surface area contributed by atoms with Gasteiger partial charge in [-0.2, -0.15) is 0 Å². The number of carbonyl (C=O) groups excluding carboxylic acids is 2. The summed E-state index contributed by atoms with van der Waals surface area (Å²) in [4.78, 5) is 28.8. The molecule has 1 atom stereocenters. The predicted molar refractivity (Wildman–Crippen MR) is 112 cm³/mol. The van der Waals surface area contributed by atoms with Crippen molar-refractivity contribution in [3.8, 4) is 0 Å². The zero-order valence-electron chi connectivity index (χ0n) is 17.9. The molecule has 1 heterocycles. The van der Waals surface area contributed by atoms with Gasteiger partial charge in [-0.15, -0.1) is 0 Å². The molecule has 0 aliphatic carbocycles. The molecule has 0 spiro atoms. The number of hydrogen-bond acceptors (Lipinski definition) is 5. The number of hydrogen-bond donors (Lipinski definition) is 0. The standard InChI is InChI=1S/C23H37NO4/c1-4-7-9-10-11-12-18-27-22(25)20-16-13-17-21(24-20)23(26)28-19(14-6-3)15-8-5-2/h13,16-17,19H,4-12,14-15,18H2,1-3H3. The second-order valence-corrected chi connectivity index (χ2v) is 7.27. The van der Waals surface area contributed by atoms with E-state index in [4.69, 9.17) is 9.47 Å². The highest BCUT2D eigenvalue weighted by Crippen LogP contribution is 2.14. The molecule has 0 saturated heterocycles. The van der Waals surface area contributed by atoms with E-state index in [0.29, 0.717) is 6.61 Å². The molecule has 5 nitrogen and oxygen atoms in total. The minimum absolute atomic E-state index is 0.0948. The Morgan fingerprint density at radius 3 is 2.14 bits per heavy atom. The van der Waals surface area contributed by atoms with Crippen molar-refractivity contribution in [2.24, 2.45) is 0 Å². The molecule has 0 aliphatic heterocycles. The lowest BCUT2D eigenvalue weighted by Gasteiger charge is -2.16. The molecule has 1 rings (SSSR count). The van der Waals surface area contributed by atoms with Gasteiger partial charge in [0.15, 0.2) is 0 Å². The summed E-state index contributed by atoms with van der Waals surface area (Å²) in [5.74, 6) is -0.959. The van der Waals surface area contributed by atoms with Crippen LogP contribution in [0.5, 0.6) is 0 Å². The molecule has 0 bridgehead atoms. The van der Waals surface area contributed by atoms with Crippen LogP contribution in [0.15, 0.2) is 18.2 Å². The maximum atomic E-state index is 12.4. The number of aromatic nitrogens is 1. The zero-order chi connectivity index (χ0) is 20.6. The number of pyridine rings is 1. The third-order valence-electron chi connectivity index (χ3n) is 4.66. The summed E-state index contributed by atoms with van der Waals surface area (Å²) in [7, 11) is 0. The Labute approximate surface area is 170 Å². The lowest BCUT2D eigenvalue weighted by Crippen LogP contribution is -2.20. The van der Waals surface area contributed by atoms with Gasteiger partial charge >= 0.3 is 11.9 Å². The van der Waals surface area contributed by atoms with E-state index in [1.807, 2.05) is 0 Å². The van der Waals surface area contributed by atoms with Gasteiger partial charge in [0.25, 0.3) is 0 Å². The Morgan fingerprint density at radius 2 is 1.46 bits per heavy atom. The molecule has 158 valence electrons. The first-order valence-electron chi connectivity index (χ1n) is 11.0. The molecule has 0 saturated carbocycles. The molecule has 0 amide bonds. The van der Waals surface area contributed by atoms with Crippen LogP contribution in [0, 0.1) is 0 Å². The molecular weight excluding hydrogens is 354 g/mol. The third-order valence-corrected chi connectivity index (χ3v) is 4.66. The lowest BCUT2D eigenvalue weighted by molar-refractivity contribution is 0.0247. The van der Waals surface area contributed by atoms with Crippen LogP contribution in [0.2, 0.25) is 0 Å². The Hall–Kier alpha value is -1.91. The average molecular weight is 392 g/mol. The highest BCUT2D eigenvalue weighted by Gasteiger charge is 2.18. The molecule has 1 aromatic heterocycles. The summed E-state index contributed by atoms with van der Waals surface area (Å²) in [6, 6.07) is 4.79. The maximum Gasteiger partial charge on any atom is 0.357 e. The van der Waals surface area contributed by atoms with Gasteiger partial charge < -0.3 is 9.47 Å². The summed E-state index contributed by atoms with van der Waals surface area (Å²) in [5.41, 5.74) is 0.313. The van der Waals surface area contributed by atoms with E-state index in [1.54, 1.807) is 18.2 Å². The van der Waals surface area contributed by atoms with Crippen molar-refractivity contribution in [3.63, 3.8) is 0 Å². The molecule has 0 radical (unpaired) electrons. The van der Waals surface area contributed by atoms with Crippen molar-refractivity contribution < 1.29 is 19.1 Å². The van der Waals surface area contributed by atoms with Crippen molar-refractivity contribution >= 4 is 11.9 Å². The highest BCUT2D eigenvalue weighted by atomic mass is 16.5. The lowest BCUT2D eigenvalue weighted by atomic mass is 10.1. The van der Waals surface area contributed by atoms with Crippen LogP contribution < -0.4 is 0 Å². The van der Waals surface area contributed by atoms with Gasteiger partial charge in [0.05, 0.1) is 6.61 Å². The molecule has 0 fully saturated rings. The van der Waals surface area contributed by atoms with Gasteiger partial charge in [-0.05, 0) is 31.4 Å². The van der Waals surface area contributed by atoms with E-state index in [0.717, 1.165) is 44.9 Å². The van der Waals surface area contributed by atoms with Crippen molar-refractivity contribution in [2.75, 3.05) is 6.61 Å². The van der Waals surface area contributed by atoms with Crippen LogP contribution in [-0.2, 0) is 9.47 Å². The summed E-state index contributed by atoms with van der Waals surface area (Å²) in [6.07, 6.45) is 11.4. The monoisotopic (exact) mass is 391 g/mol. The summed E-state index contributed by atoms with van der Waals surface area (Å²) < 4.78 is 10.9. The largest absolute Gasteiger partial charge is 0.461 e. The Morgan fingerprint density at radius 1 is 0.821 bits per heavy atom. The van der Waals surface area contributed by atoms with Crippen LogP contribution in [0.4, 0.5) is 0 Å². The average Bonchev–Trinajstić information content (AvgIpc) is 2.71. The quantitative estimate of drug-likeness (QED) is 0.266. The van der Waals surface area contributed by atoms with Gasteiger partial charge in [-0.3, -0.25) is 0 Å². The molecule has 1 aromatic rings. The smallest absolute Gasteiger partial charge is 0.357 e.